The van der Waals surface area contributed by atoms with E-state index in [1.54, 1.807) is 6.07 Å². The Kier molecular flexibility index (Phi) is 4.11. The third-order valence-electron chi connectivity index (χ3n) is 2.74. The topological polar surface area (TPSA) is 66.4 Å². The van der Waals surface area contributed by atoms with Crippen molar-refractivity contribution >= 4 is 17.6 Å². The fourth-order valence-electron chi connectivity index (χ4n) is 1.76. The lowest BCUT2D eigenvalue weighted by molar-refractivity contribution is 0.0684. The Labute approximate surface area is 121 Å². The van der Waals surface area contributed by atoms with E-state index in [-0.39, 0.29) is 5.69 Å². The maximum absolute atomic E-state index is 13.7. The molecule has 0 aliphatic heterocycles. The Morgan fingerprint density at radius 2 is 1.32 bits per heavy atom. The minimum Gasteiger partial charge on any atom is -0.478 e. The number of anilines is 1. The zero-order chi connectivity index (χ0) is 16.4. The average molecular weight is 313 g/mol. The van der Waals surface area contributed by atoms with Crippen LogP contribution in [-0.2, 0) is 0 Å². The SMILES string of the molecule is O=C(O)c1c(F)c(F)c(F)c(F)c1C(=O)Nc1ccccc1. The van der Waals surface area contributed by atoms with Crippen molar-refractivity contribution in [1.82, 2.24) is 0 Å². The number of halogens is 4. The van der Waals surface area contributed by atoms with Crippen molar-refractivity contribution in [2.24, 2.45) is 0 Å². The van der Waals surface area contributed by atoms with Crippen LogP contribution < -0.4 is 5.32 Å². The number of nitrogens with one attached hydrogen (secondary N) is 1. The van der Waals surface area contributed by atoms with Crippen molar-refractivity contribution in [3.8, 4) is 0 Å². The molecule has 0 fully saturated rings. The van der Waals surface area contributed by atoms with E-state index in [0.29, 0.717) is 0 Å². The zero-order valence-corrected chi connectivity index (χ0v) is 10.7. The van der Waals surface area contributed by atoms with Crippen molar-refractivity contribution < 1.29 is 32.3 Å². The first-order valence-corrected chi connectivity index (χ1v) is 5.80. The molecule has 2 aromatic carbocycles. The number of hydrogen-bond acceptors (Lipinski definition) is 2. The summed E-state index contributed by atoms with van der Waals surface area (Å²) in [5, 5.41) is 10.9. The Morgan fingerprint density at radius 1 is 0.818 bits per heavy atom. The molecule has 1 amide bonds. The van der Waals surface area contributed by atoms with Gasteiger partial charge in [0.25, 0.3) is 5.91 Å². The van der Waals surface area contributed by atoms with Crippen LogP contribution in [0.1, 0.15) is 20.7 Å². The highest BCUT2D eigenvalue weighted by Crippen LogP contribution is 2.25. The average Bonchev–Trinajstić information content (AvgIpc) is 2.49. The smallest absolute Gasteiger partial charge is 0.339 e. The molecule has 0 radical (unpaired) electrons. The summed E-state index contributed by atoms with van der Waals surface area (Å²) >= 11 is 0. The fourth-order valence-corrected chi connectivity index (χ4v) is 1.76. The maximum Gasteiger partial charge on any atom is 0.339 e. The fraction of sp³-hybridized carbons (Fsp3) is 0. The molecule has 0 saturated carbocycles. The molecule has 2 rings (SSSR count). The van der Waals surface area contributed by atoms with E-state index in [2.05, 4.69) is 5.32 Å². The van der Waals surface area contributed by atoms with E-state index in [1.165, 1.54) is 24.3 Å². The third-order valence-corrected chi connectivity index (χ3v) is 2.74. The van der Waals surface area contributed by atoms with Gasteiger partial charge in [-0.2, -0.15) is 0 Å². The lowest BCUT2D eigenvalue weighted by Gasteiger charge is -2.11. The third kappa shape index (κ3) is 2.62. The first-order chi connectivity index (χ1) is 10.3. The van der Waals surface area contributed by atoms with Crippen LogP contribution >= 0.6 is 0 Å². The summed E-state index contributed by atoms with van der Waals surface area (Å²) in [4.78, 5) is 22.8. The van der Waals surface area contributed by atoms with E-state index >= 15 is 0 Å². The number of carboxylic acids is 1. The van der Waals surface area contributed by atoms with Crippen LogP contribution in [0.4, 0.5) is 23.2 Å². The van der Waals surface area contributed by atoms with Crippen molar-refractivity contribution in [2.75, 3.05) is 5.32 Å². The van der Waals surface area contributed by atoms with Crippen LogP contribution in [-0.4, -0.2) is 17.0 Å². The van der Waals surface area contributed by atoms with Gasteiger partial charge in [-0.1, -0.05) is 18.2 Å². The van der Waals surface area contributed by atoms with Crippen molar-refractivity contribution in [1.29, 1.82) is 0 Å². The molecule has 0 unspecified atom stereocenters. The molecule has 0 spiro atoms. The van der Waals surface area contributed by atoms with Crippen LogP contribution in [0, 0.1) is 23.3 Å². The molecule has 0 atom stereocenters. The number of para-hydroxylation sites is 1. The molecule has 0 heterocycles. The van der Waals surface area contributed by atoms with Crippen molar-refractivity contribution in [3.05, 3.63) is 64.7 Å². The Bertz CT molecular complexity index is 763. The second-order valence-corrected chi connectivity index (χ2v) is 4.13. The lowest BCUT2D eigenvalue weighted by atomic mass is 10.0. The Morgan fingerprint density at radius 3 is 1.82 bits per heavy atom. The van der Waals surface area contributed by atoms with Gasteiger partial charge >= 0.3 is 5.97 Å². The summed E-state index contributed by atoms with van der Waals surface area (Å²) in [5.74, 6) is -12.3. The van der Waals surface area contributed by atoms with Crippen molar-refractivity contribution in [3.63, 3.8) is 0 Å². The van der Waals surface area contributed by atoms with Gasteiger partial charge in [-0.25, -0.2) is 22.4 Å². The minimum absolute atomic E-state index is 0.133. The largest absolute Gasteiger partial charge is 0.478 e. The van der Waals surface area contributed by atoms with Crippen LogP contribution in [0.2, 0.25) is 0 Å². The van der Waals surface area contributed by atoms with Crippen molar-refractivity contribution in [2.45, 2.75) is 0 Å². The predicted octanol–water partition coefficient (Wildman–Crippen LogP) is 3.19. The normalized spacial score (nSPS) is 10.4. The zero-order valence-electron chi connectivity index (χ0n) is 10.7. The number of benzene rings is 2. The molecule has 114 valence electrons. The van der Waals surface area contributed by atoms with Crippen LogP contribution in [0.5, 0.6) is 0 Å². The van der Waals surface area contributed by atoms with Gasteiger partial charge in [0.2, 0.25) is 0 Å². The van der Waals surface area contributed by atoms with Gasteiger partial charge in [0.15, 0.2) is 23.3 Å². The molecule has 4 nitrogen and oxygen atoms in total. The summed E-state index contributed by atoms with van der Waals surface area (Å²) in [6.45, 7) is 0. The summed E-state index contributed by atoms with van der Waals surface area (Å²) in [5.41, 5.74) is -2.87. The van der Waals surface area contributed by atoms with E-state index in [0.717, 1.165) is 0 Å². The van der Waals surface area contributed by atoms with Gasteiger partial charge in [-0.3, -0.25) is 4.79 Å². The molecule has 0 saturated heterocycles. The highest BCUT2D eigenvalue weighted by atomic mass is 19.2. The van der Waals surface area contributed by atoms with E-state index < -0.39 is 46.3 Å². The molecule has 8 heteroatoms. The van der Waals surface area contributed by atoms with E-state index in [4.69, 9.17) is 5.11 Å². The summed E-state index contributed by atoms with van der Waals surface area (Å²) in [6.07, 6.45) is 0. The number of rotatable bonds is 3. The quantitative estimate of drug-likeness (QED) is 0.519. The first-order valence-electron chi connectivity index (χ1n) is 5.80. The van der Waals surface area contributed by atoms with Gasteiger partial charge in [0, 0.05) is 5.69 Å². The monoisotopic (exact) mass is 313 g/mol. The molecule has 0 aromatic heterocycles. The minimum atomic E-state index is -2.30. The second-order valence-electron chi connectivity index (χ2n) is 4.13. The number of amides is 1. The van der Waals surface area contributed by atoms with Gasteiger partial charge < -0.3 is 10.4 Å². The Balaban J connectivity index is 2.59. The molecular formula is C14H7F4NO3. The van der Waals surface area contributed by atoms with Crippen LogP contribution in [0.25, 0.3) is 0 Å². The van der Waals surface area contributed by atoms with Gasteiger partial charge in [-0.05, 0) is 12.1 Å². The maximum atomic E-state index is 13.7. The lowest BCUT2D eigenvalue weighted by Crippen LogP contribution is -2.22. The number of carbonyl (C=O) groups excluding carboxylic acids is 1. The van der Waals surface area contributed by atoms with E-state index in [1.807, 2.05) is 0 Å². The number of carboxylic acid groups (broad SMARTS) is 1. The van der Waals surface area contributed by atoms with Crippen LogP contribution in [0.15, 0.2) is 30.3 Å². The Hall–Kier alpha value is -2.90. The highest BCUT2D eigenvalue weighted by molar-refractivity contribution is 6.11. The van der Waals surface area contributed by atoms with E-state index in [9.17, 15) is 27.2 Å². The summed E-state index contributed by atoms with van der Waals surface area (Å²) < 4.78 is 53.6. The number of hydrogen-bond donors (Lipinski definition) is 2. The molecule has 0 bridgehead atoms. The highest BCUT2D eigenvalue weighted by Gasteiger charge is 2.32. The number of aromatic carboxylic acids is 1. The molecule has 2 aromatic rings. The summed E-state index contributed by atoms with van der Waals surface area (Å²) in [6, 6.07) is 7.39. The van der Waals surface area contributed by atoms with Crippen LogP contribution in [0.3, 0.4) is 0 Å². The predicted molar refractivity (Wildman–Crippen MR) is 67.6 cm³/mol. The first kappa shape index (κ1) is 15.5. The second kappa shape index (κ2) is 5.84. The summed E-state index contributed by atoms with van der Waals surface area (Å²) in [7, 11) is 0. The van der Waals surface area contributed by atoms with Gasteiger partial charge in [-0.15, -0.1) is 0 Å². The molecule has 22 heavy (non-hydrogen) atoms. The molecule has 0 aliphatic carbocycles. The van der Waals surface area contributed by atoms with Gasteiger partial charge in [0.05, 0.1) is 5.56 Å². The molecule has 2 N–H and O–H groups in total. The standard InChI is InChI=1S/C14H7F4NO3/c15-9-7(13(20)19-6-4-2-1-3-5-6)8(14(21)22)10(16)12(18)11(9)17/h1-5H,(H,19,20)(H,21,22). The van der Waals surface area contributed by atoms with Gasteiger partial charge in [0.1, 0.15) is 5.56 Å². The molecular weight excluding hydrogens is 306 g/mol. The number of carbonyl (C=O) groups is 2. The molecule has 0 aliphatic rings.